The fourth-order valence-corrected chi connectivity index (χ4v) is 1.35. The maximum absolute atomic E-state index is 11.3. The Balaban J connectivity index is 2.61. The van der Waals surface area contributed by atoms with Crippen LogP contribution in [0.4, 0.5) is 5.69 Å². The molecule has 88 valence electrons. The van der Waals surface area contributed by atoms with Gasteiger partial charge in [0.05, 0.1) is 0 Å². The second-order valence-corrected chi connectivity index (χ2v) is 4.69. The smallest absolute Gasteiger partial charge is 0.242 e. The maximum atomic E-state index is 11.3. The van der Waals surface area contributed by atoms with Crippen LogP contribution < -0.4 is 5.32 Å². The van der Waals surface area contributed by atoms with Crippen LogP contribution in [0.5, 0.6) is 0 Å². The molecule has 0 spiro atoms. The highest BCUT2D eigenvalue weighted by molar-refractivity contribution is 6.32. The molecule has 3 nitrogen and oxygen atoms in total. The van der Waals surface area contributed by atoms with Crippen molar-refractivity contribution in [2.45, 2.75) is 18.8 Å². The minimum Gasteiger partial charge on any atom is -0.325 e. The monoisotopic (exact) mass is 240 g/mol. The SMILES string of the molecule is CC(Cl)C(=O)Nc1ccc(CN(C)C)cc1. The van der Waals surface area contributed by atoms with Crippen molar-refractivity contribution in [1.82, 2.24) is 4.90 Å². The fraction of sp³-hybridized carbons (Fsp3) is 0.417. The number of hydrogen-bond acceptors (Lipinski definition) is 2. The number of benzene rings is 1. The highest BCUT2D eigenvalue weighted by Crippen LogP contribution is 2.11. The zero-order valence-corrected chi connectivity index (χ0v) is 10.6. The summed E-state index contributed by atoms with van der Waals surface area (Å²) in [6.45, 7) is 2.54. The summed E-state index contributed by atoms with van der Waals surface area (Å²) in [5, 5.41) is 2.22. The number of carbonyl (C=O) groups excluding carboxylic acids is 1. The molecule has 1 rings (SSSR count). The topological polar surface area (TPSA) is 32.3 Å². The number of anilines is 1. The average Bonchev–Trinajstić information content (AvgIpc) is 2.20. The largest absolute Gasteiger partial charge is 0.325 e. The minimum absolute atomic E-state index is 0.179. The lowest BCUT2D eigenvalue weighted by Gasteiger charge is -2.11. The van der Waals surface area contributed by atoms with Gasteiger partial charge in [0.1, 0.15) is 5.38 Å². The van der Waals surface area contributed by atoms with Gasteiger partial charge in [0, 0.05) is 12.2 Å². The van der Waals surface area contributed by atoms with Crippen LogP contribution in [-0.4, -0.2) is 30.3 Å². The number of nitrogens with zero attached hydrogens (tertiary/aromatic N) is 1. The van der Waals surface area contributed by atoms with Gasteiger partial charge in [-0.25, -0.2) is 0 Å². The first kappa shape index (κ1) is 13.0. The molecule has 0 aliphatic heterocycles. The molecule has 1 aromatic rings. The molecule has 1 aromatic carbocycles. The fourth-order valence-electron chi connectivity index (χ4n) is 1.30. The Kier molecular flexibility index (Phi) is 4.77. The van der Waals surface area contributed by atoms with Crippen molar-refractivity contribution in [3.05, 3.63) is 29.8 Å². The van der Waals surface area contributed by atoms with Gasteiger partial charge < -0.3 is 10.2 Å². The van der Waals surface area contributed by atoms with Gasteiger partial charge in [-0.3, -0.25) is 4.79 Å². The van der Waals surface area contributed by atoms with Gasteiger partial charge in [-0.2, -0.15) is 0 Å². The van der Waals surface area contributed by atoms with Crippen LogP contribution >= 0.6 is 11.6 Å². The summed E-state index contributed by atoms with van der Waals surface area (Å²) in [7, 11) is 4.04. The summed E-state index contributed by atoms with van der Waals surface area (Å²) in [5.41, 5.74) is 1.99. The van der Waals surface area contributed by atoms with Crippen LogP contribution in [0.2, 0.25) is 0 Å². The van der Waals surface area contributed by atoms with Gasteiger partial charge in [-0.15, -0.1) is 11.6 Å². The van der Waals surface area contributed by atoms with Gasteiger partial charge in [-0.05, 0) is 38.7 Å². The molecule has 1 N–H and O–H groups in total. The first-order valence-corrected chi connectivity index (χ1v) is 5.61. The Labute approximate surface area is 101 Å². The van der Waals surface area contributed by atoms with Crippen molar-refractivity contribution in [3.63, 3.8) is 0 Å². The van der Waals surface area contributed by atoms with Crippen LogP contribution in [-0.2, 0) is 11.3 Å². The number of alkyl halides is 1. The lowest BCUT2D eigenvalue weighted by Crippen LogP contribution is -2.20. The molecule has 0 saturated heterocycles. The van der Waals surface area contributed by atoms with Crippen molar-refractivity contribution >= 4 is 23.2 Å². The van der Waals surface area contributed by atoms with Crippen molar-refractivity contribution < 1.29 is 4.79 Å². The van der Waals surface area contributed by atoms with Gasteiger partial charge in [0.25, 0.3) is 0 Å². The highest BCUT2D eigenvalue weighted by Gasteiger charge is 2.08. The Bertz CT molecular complexity index is 347. The van der Waals surface area contributed by atoms with Gasteiger partial charge in [0.2, 0.25) is 5.91 Å². The molecule has 0 heterocycles. The van der Waals surface area contributed by atoms with Crippen LogP contribution in [0.1, 0.15) is 12.5 Å². The molecule has 1 unspecified atom stereocenters. The number of halogens is 1. The van der Waals surface area contributed by atoms with Gasteiger partial charge in [0.15, 0.2) is 0 Å². The molecule has 1 amide bonds. The van der Waals surface area contributed by atoms with E-state index in [0.29, 0.717) is 0 Å². The molecule has 4 heteroatoms. The molecule has 1 atom stereocenters. The normalized spacial score (nSPS) is 12.6. The van der Waals surface area contributed by atoms with E-state index in [2.05, 4.69) is 10.2 Å². The second kappa shape index (κ2) is 5.87. The molecule has 0 aliphatic rings. The zero-order chi connectivity index (χ0) is 12.1. The number of hydrogen-bond donors (Lipinski definition) is 1. The molecule has 0 aromatic heterocycles. The third-order valence-electron chi connectivity index (χ3n) is 2.08. The summed E-state index contributed by atoms with van der Waals surface area (Å²) in [4.78, 5) is 13.4. The van der Waals surface area contributed by atoms with Crippen LogP contribution in [0.25, 0.3) is 0 Å². The molecule has 16 heavy (non-hydrogen) atoms. The van der Waals surface area contributed by atoms with E-state index in [-0.39, 0.29) is 5.91 Å². The predicted molar refractivity (Wildman–Crippen MR) is 67.8 cm³/mol. The molecule has 0 aliphatic carbocycles. The molecular weight excluding hydrogens is 224 g/mol. The van der Waals surface area contributed by atoms with Gasteiger partial charge >= 0.3 is 0 Å². The van der Waals surface area contributed by atoms with E-state index in [1.54, 1.807) is 6.92 Å². The summed E-state index contributed by atoms with van der Waals surface area (Å²) >= 11 is 5.66. The molecule has 0 fully saturated rings. The lowest BCUT2D eigenvalue weighted by molar-refractivity contribution is -0.115. The number of nitrogens with one attached hydrogen (secondary N) is 1. The lowest BCUT2D eigenvalue weighted by atomic mass is 10.2. The summed E-state index contributed by atoms with van der Waals surface area (Å²) < 4.78 is 0. The average molecular weight is 241 g/mol. The Morgan fingerprint density at radius 2 is 1.94 bits per heavy atom. The quantitative estimate of drug-likeness (QED) is 0.820. The zero-order valence-electron chi connectivity index (χ0n) is 9.83. The van der Waals surface area contributed by atoms with Gasteiger partial charge in [-0.1, -0.05) is 12.1 Å². The number of carbonyl (C=O) groups is 1. The van der Waals surface area contributed by atoms with E-state index in [1.165, 1.54) is 5.56 Å². The molecular formula is C12H17ClN2O. The van der Waals surface area contributed by atoms with E-state index in [0.717, 1.165) is 12.2 Å². The van der Waals surface area contributed by atoms with E-state index >= 15 is 0 Å². The van der Waals surface area contributed by atoms with E-state index in [1.807, 2.05) is 38.4 Å². The first-order valence-electron chi connectivity index (χ1n) is 5.17. The first-order chi connectivity index (χ1) is 7.49. The number of amides is 1. The second-order valence-electron chi connectivity index (χ2n) is 4.04. The van der Waals surface area contributed by atoms with Crippen molar-refractivity contribution in [2.75, 3.05) is 19.4 Å². The van der Waals surface area contributed by atoms with E-state index in [4.69, 9.17) is 11.6 Å². The highest BCUT2D eigenvalue weighted by atomic mass is 35.5. The Hall–Kier alpha value is -1.06. The van der Waals surface area contributed by atoms with Crippen LogP contribution in [0.3, 0.4) is 0 Å². The third kappa shape index (κ3) is 4.21. The molecule has 0 saturated carbocycles. The summed E-state index contributed by atoms with van der Waals surface area (Å²) in [6.07, 6.45) is 0. The molecule has 0 bridgehead atoms. The summed E-state index contributed by atoms with van der Waals surface area (Å²) in [5.74, 6) is -0.179. The molecule has 0 radical (unpaired) electrons. The van der Waals surface area contributed by atoms with Crippen LogP contribution in [0.15, 0.2) is 24.3 Å². The standard InChI is InChI=1S/C12H17ClN2O/c1-9(13)12(16)14-11-6-4-10(5-7-11)8-15(2)3/h4-7,9H,8H2,1-3H3,(H,14,16). The summed E-state index contributed by atoms with van der Waals surface area (Å²) in [6, 6.07) is 7.76. The van der Waals surface area contributed by atoms with Crippen LogP contribution in [0, 0.1) is 0 Å². The van der Waals surface area contributed by atoms with E-state index in [9.17, 15) is 4.79 Å². The maximum Gasteiger partial charge on any atom is 0.242 e. The van der Waals surface area contributed by atoms with Crippen molar-refractivity contribution in [3.8, 4) is 0 Å². The van der Waals surface area contributed by atoms with E-state index < -0.39 is 5.38 Å². The Morgan fingerprint density at radius 1 is 1.38 bits per heavy atom. The number of rotatable bonds is 4. The Morgan fingerprint density at radius 3 is 2.38 bits per heavy atom. The van der Waals surface area contributed by atoms with Crippen molar-refractivity contribution in [2.24, 2.45) is 0 Å². The van der Waals surface area contributed by atoms with Crippen molar-refractivity contribution in [1.29, 1.82) is 0 Å². The minimum atomic E-state index is -0.513. The predicted octanol–water partition coefficient (Wildman–Crippen LogP) is 2.31. The third-order valence-corrected chi connectivity index (χ3v) is 2.28.